The van der Waals surface area contributed by atoms with E-state index >= 15 is 0 Å². The fourth-order valence-corrected chi connectivity index (χ4v) is 2.17. The molecule has 4 nitrogen and oxygen atoms in total. The summed E-state index contributed by atoms with van der Waals surface area (Å²) in [5.74, 6) is 6.54. The lowest BCUT2D eigenvalue weighted by molar-refractivity contribution is 0.0270. The van der Waals surface area contributed by atoms with Gasteiger partial charge >= 0.3 is 0 Å². The lowest BCUT2D eigenvalue weighted by Crippen LogP contribution is -2.38. The number of nitrogens with two attached hydrogens (primary N) is 1. The quantitative estimate of drug-likeness (QED) is 0.551. The topological polar surface area (TPSA) is 56.5 Å². The minimum absolute atomic E-state index is 0.0546. The predicted octanol–water partition coefficient (Wildman–Crippen LogP) is 2.40. The normalized spacial score (nSPS) is 14.2. The van der Waals surface area contributed by atoms with Gasteiger partial charge in [-0.25, -0.2) is 0 Å². The number of nitrogens with one attached hydrogen (secondary N) is 1. The van der Waals surface area contributed by atoms with Crippen LogP contribution in [-0.2, 0) is 4.74 Å². The Bertz CT molecular complexity index is 338. The Hall–Kier alpha value is -1.10. The Morgan fingerprint density at radius 1 is 1.28 bits per heavy atom. The highest BCUT2D eigenvalue weighted by molar-refractivity contribution is 5.36. The van der Waals surface area contributed by atoms with Crippen molar-refractivity contribution in [2.24, 2.45) is 5.84 Å². The molecular weight excluding hydrogens is 228 g/mol. The van der Waals surface area contributed by atoms with E-state index in [0.29, 0.717) is 6.61 Å². The van der Waals surface area contributed by atoms with E-state index in [1.807, 2.05) is 31.2 Å². The summed E-state index contributed by atoms with van der Waals surface area (Å²) >= 11 is 0. The molecule has 0 radical (unpaired) electrons. The summed E-state index contributed by atoms with van der Waals surface area (Å²) in [5, 5.41) is 0. The second-order valence-corrected chi connectivity index (χ2v) is 4.17. The van der Waals surface area contributed by atoms with Crippen molar-refractivity contribution in [3.8, 4) is 5.75 Å². The molecule has 0 fully saturated rings. The lowest BCUT2D eigenvalue weighted by Gasteiger charge is -2.27. The van der Waals surface area contributed by atoms with Gasteiger partial charge in [0.1, 0.15) is 5.75 Å². The third-order valence-corrected chi connectivity index (χ3v) is 2.98. The number of ether oxygens (including phenoxy) is 2. The van der Waals surface area contributed by atoms with Gasteiger partial charge in [0.2, 0.25) is 0 Å². The molecule has 0 aliphatic rings. The highest BCUT2D eigenvalue weighted by Gasteiger charge is 2.24. The molecular formula is C14H24N2O2. The molecule has 0 aromatic heterocycles. The van der Waals surface area contributed by atoms with E-state index in [-0.39, 0.29) is 12.1 Å². The van der Waals surface area contributed by atoms with Crippen LogP contribution in [0.4, 0.5) is 0 Å². The van der Waals surface area contributed by atoms with Crippen LogP contribution in [0.5, 0.6) is 5.75 Å². The number of para-hydroxylation sites is 1. The average molecular weight is 252 g/mol. The van der Waals surface area contributed by atoms with Crippen LogP contribution in [0, 0.1) is 0 Å². The highest BCUT2D eigenvalue weighted by atomic mass is 16.5. The maximum atomic E-state index is 5.79. The van der Waals surface area contributed by atoms with Crippen LogP contribution in [0.15, 0.2) is 24.3 Å². The van der Waals surface area contributed by atoms with E-state index < -0.39 is 0 Å². The minimum atomic E-state index is -0.0546. The molecule has 1 aromatic rings. The number of benzene rings is 1. The summed E-state index contributed by atoms with van der Waals surface area (Å²) in [7, 11) is 1.67. The maximum absolute atomic E-state index is 5.79. The first-order chi connectivity index (χ1) is 8.78. The van der Waals surface area contributed by atoms with Crippen molar-refractivity contribution in [2.75, 3.05) is 13.7 Å². The van der Waals surface area contributed by atoms with Crippen LogP contribution in [0.2, 0.25) is 0 Å². The molecule has 0 saturated heterocycles. The van der Waals surface area contributed by atoms with Crippen LogP contribution >= 0.6 is 0 Å². The van der Waals surface area contributed by atoms with E-state index in [9.17, 15) is 0 Å². The second-order valence-electron chi connectivity index (χ2n) is 4.17. The molecule has 3 N–H and O–H groups in total. The van der Waals surface area contributed by atoms with E-state index in [1.54, 1.807) is 7.11 Å². The zero-order chi connectivity index (χ0) is 13.4. The van der Waals surface area contributed by atoms with Crippen LogP contribution in [0.25, 0.3) is 0 Å². The molecule has 4 heteroatoms. The van der Waals surface area contributed by atoms with Crippen molar-refractivity contribution in [3.05, 3.63) is 29.8 Å². The number of hydrogen-bond acceptors (Lipinski definition) is 4. The van der Waals surface area contributed by atoms with Crippen LogP contribution < -0.4 is 16.0 Å². The average Bonchev–Trinajstić information content (AvgIpc) is 2.40. The molecule has 1 aromatic carbocycles. The summed E-state index contributed by atoms with van der Waals surface area (Å²) in [6, 6.07) is 7.84. The first-order valence-electron chi connectivity index (χ1n) is 6.49. The van der Waals surface area contributed by atoms with Crippen molar-refractivity contribution >= 4 is 0 Å². The van der Waals surface area contributed by atoms with Crippen LogP contribution in [0.3, 0.4) is 0 Å². The summed E-state index contributed by atoms with van der Waals surface area (Å²) in [5.41, 5.74) is 3.89. The molecule has 0 bridgehead atoms. The molecule has 0 heterocycles. The van der Waals surface area contributed by atoms with Crippen molar-refractivity contribution in [1.82, 2.24) is 5.43 Å². The van der Waals surface area contributed by atoms with Gasteiger partial charge in [-0.05, 0) is 19.4 Å². The predicted molar refractivity (Wildman–Crippen MR) is 73.4 cm³/mol. The lowest BCUT2D eigenvalue weighted by atomic mass is 9.97. The number of hydrogen-bond donors (Lipinski definition) is 2. The smallest absolute Gasteiger partial charge is 0.123 e. The molecule has 102 valence electrons. The van der Waals surface area contributed by atoms with Crippen LogP contribution in [-0.4, -0.2) is 19.8 Å². The Kier molecular flexibility index (Phi) is 6.72. The van der Waals surface area contributed by atoms with Crippen molar-refractivity contribution < 1.29 is 9.47 Å². The van der Waals surface area contributed by atoms with Gasteiger partial charge in [0.05, 0.1) is 19.3 Å². The van der Waals surface area contributed by atoms with E-state index in [4.69, 9.17) is 15.3 Å². The van der Waals surface area contributed by atoms with Gasteiger partial charge in [-0.2, -0.15) is 0 Å². The molecule has 1 rings (SSSR count). The summed E-state index contributed by atoms with van der Waals surface area (Å²) < 4.78 is 11.2. The number of methoxy groups -OCH3 is 1. The van der Waals surface area contributed by atoms with Crippen molar-refractivity contribution in [2.45, 2.75) is 38.8 Å². The number of rotatable bonds is 8. The molecule has 0 spiro atoms. The number of hydrazine groups is 1. The molecule has 2 atom stereocenters. The van der Waals surface area contributed by atoms with Gasteiger partial charge in [0.25, 0.3) is 0 Å². The van der Waals surface area contributed by atoms with E-state index in [0.717, 1.165) is 24.2 Å². The summed E-state index contributed by atoms with van der Waals surface area (Å²) in [6.07, 6.45) is 2.07. The van der Waals surface area contributed by atoms with Crippen LogP contribution in [0.1, 0.15) is 38.3 Å². The van der Waals surface area contributed by atoms with Gasteiger partial charge in [0, 0.05) is 12.2 Å². The van der Waals surface area contributed by atoms with Gasteiger partial charge < -0.3 is 9.47 Å². The highest BCUT2D eigenvalue weighted by Crippen LogP contribution is 2.29. The molecule has 18 heavy (non-hydrogen) atoms. The molecule has 0 amide bonds. The summed E-state index contributed by atoms with van der Waals surface area (Å²) in [6.45, 7) is 4.82. The first kappa shape index (κ1) is 15.0. The molecule has 0 saturated carbocycles. The first-order valence-corrected chi connectivity index (χ1v) is 6.49. The molecule has 0 aliphatic carbocycles. The van der Waals surface area contributed by atoms with E-state index in [2.05, 4.69) is 12.3 Å². The van der Waals surface area contributed by atoms with Gasteiger partial charge in [-0.15, -0.1) is 0 Å². The van der Waals surface area contributed by atoms with Gasteiger partial charge in [0.15, 0.2) is 0 Å². The Balaban J connectivity index is 2.98. The third-order valence-electron chi connectivity index (χ3n) is 2.98. The Morgan fingerprint density at radius 3 is 2.56 bits per heavy atom. The summed E-state index contributed by atoms with van der Waals surface area (Å²) in [4.78, 5) is 0. The Labute approximate surface area is 109 Å². The van der Waals surface area contributed by atoms with Crippen molar-refractivity contribution in [3.63, 3.8) is 0 Å². The third kappa shape index (κ3) is 3.70. The fraction of sp³-hybridized carbons (Fsp3) is 0.571. The SMILES string of the molecule is CCCC(OCC)C(NN)c1ccccc1OC. The second kappa shape index (κ2) is 8.08. The Morgan fingerprint density at radius 2 is 2.00 bits per heavy atom. The molecule has 2 unspecified atom stereocenters. The maximum Gasteiger partial charge on any atom is 0.123 e. The standard InChI is InChI=1S/C14H24N2O2/c1-4-8-13(18-5-2)14(16-15)11-9-6-7-10-12(11)17-3/h6-7,9-10,13-14,16H,4-5,8,15H2,1-3H3. The largest absolute Gasteiger partial charge is 0.496 e. The monoisotopic (exact) mass is 252 g/mol. The van der Waals surface area contributed by atoms with Crippen molar-refractivity contribution in [1.29, 1.82) is 0 Å². The van der Waals surface area contributed by atoms with Gasteiger partial charge in [-0.1, -0.05) is 31.5 Å². The minimum Gasteiger partial charge on any atom is -0.496 e. The van der Waals surface area contributed by atoms with Gasteiger partial charge in [-0.3, -0.25) is 11.3 Å². The van der Waals surface area contributed by atoms with E-state index in [1.165, 1.54) is 0 Å². The zero-order valence-electron chi connectivity index (χ0n) is 11.5. The zero-order valence-corrected chi connectivity index (χ0v) is 11.5. The molecule has 0 aliphatic heterocycles. The fourth-order valence-electron chi connectivity index (χ4n) is 2.17.